The number of aromatic nitrogens is 2. The van der Waals surface area contributed by atoms with E-state index in [-0.39, 0.29) is 27.7 Å². The van der Waals surface area contributed by atoms with Crippen LogP contribution < -0.4 is 0 Å². The summed E-state index contributed by atoms with van der Waals surface area (Å²) >= 11 is 0.947. The van der Waals surface area contributed by atoms with Crippen LogP contribution in [0, 0.1) is 15.9 Å². The van der Waals surface area contributed by atoms with Crippen LogP contribution in [0.5, 0.6) is 17.2 Å². The molecule has 0 aliphatic heterocycles. The number of nitro groups is 1. The van der Waals surface area contributed by atoms with Crippen molar-refractivity contribution < 1.29 is 29.2 Å². The van der Waals surface area contributed by atoms with Crippen molar-refractivity contribution in [3.8, 4) is 40.1 Å². The van der Waals surface area contributed by atoms with E-state index in [1.54, 1.807) is 0 Å². The summed E-state index contributed by atoms with van der Waals surface area (Å²) in [5, 5.41) is 43.9. The summed E-state index contributed by atoms with van der Waals surface area (Å²) < 4.78 is 18.2. The Hall–Kier alpha value is -3.34. The second-order valence-electron chi connectivity index (χ2n) is 5.02. The monoisotopic (exact) mass is 379 g/mol. The molecule has 26 heavy (non-hydrogen) atoms. The number of nitrogens with zero attached hydrogens (tertiary/aromatic N) is 3. The third-order valence-electron chi connectivity index (χ3n) is 3.46. The molecule has 0 bridgehead atoms. The molecule has 1 heterocycles. The van der Waals surface area contributed by atoms with Gasteiger partial charge in [-0.15, -0.1) is 11.8 Å². The van der Waals surface area contributed by atoms with Gasteiger partial charge in [0.1, 0.15) is 4.90 Å². The fourth-order valence-electron chi connectivity index (χ4n) is 2.26. The molecule has 11 heteroatoms. The van der Waals surface area contributed by atoms with E-state index < -0.39 is 33.7 Å². The number of benzene rings is 2. The Bertz CT molecular complexity index is 1020. The average molecular weight is 379 g/mol. The van der Waals surface area contributed by atoms with Crippen LogP contribution in [0.1, 0.15) is 0 Å². The molecule has 0 aliphatic rings. The van der Waals surface area contributed by atoms with Crippen molar-refractivity contribution in [2.45, 2.75) is 4.90 Å². The second kappa shape index (κ2) is 6.52. The number of hydrogen-bond acceptors (Lipinski definition) is 9. The largest absolute Gasteiger partial charge is 0.505 e. The Morgan fingerprint density at radius 1 is 1.23 bits per heavy atom. The lowest BCUT2D eigenvalue weighted by Crippen LogP contribution is -1.95. The van der Waals surface area contributed by atoms with Gasteiger partial charge in [-0.1, -0.05) is 5.16 Å². The van der Waals surface area contributed by atoms with Crippen LogP contribution >= 0.6 is 11.8 Å². The first-order valence-corrected chi connectivity index (χ1v) is 8.16. The van der Waals surface area contributed by atoms with E-state index in [2.05, 4.69) is 10.1 Å². The fraction of sp³-hybridized carbons (Fsp3) is 0.0667. The number of rotatable bonds is 4. The van der Waals surface area contributed by atoms with Gasteiger partial charge in [-0.2, -0.15) is 4.98 Å². The summed E-state index contributed by atoms with van der Waals surface area (Å²) in [6.07, 6.45) is 1.54. The maximum absolute atomic E-state index is 13.2. The van der Waals surface area contributed by atoms with Crippen molar-refractivity contribution >= 4 is 17.4 Å². The van der Waals surface area contributed by atoms with Crippen molar-refractivity contribution in [1.82, 2.24) is 10.1 Å². The quantitative estimate of drug-likeness (QED) is 0.269. The van der Waals surface area contributed by atoms with Crippen molar-refractivity contribution in [1.29, 1.82) is 0 Å². The van der Waals surface area contributed by atoms with Crippen LogP contribution in [0.25, 0.3) is 22.8 Å². The van der Waals surface area contributed by atoms with Gasteiger partial charge in [-0.3, -0.25) is 10.1 Å². The Balaban J connectivity index is 2.15. The van der Waals surface area contributed by atoms with Crippen LogP contribution in [-0.4, -0.2) is 36.6 Å². The second-order valence-corrected chi connectivity index (χ2v) is 5.84. The molecule has 0 saturated carbocycles. The molecular weight excluding hydrogens is 369 g/mol. The lowest BCUT2D eigenvalue weighted by atomic mass is 10.1. The highest BCUT2D eigenvalue weighted by atomic mass is 32.2. The molecule has 0 aliphatic carbocycles. The first-order chi connectivity index (χ1) is 12.3. The van der Waals surface area contributed by atoms with E-state index in [0.29, 0.717) is 0 Å². The summed E-state index contributed by atoms with van der Waals surface area (Å²) in [5.74, 6) is -3.17. The van der Waals surface area contributed by atoms with Crippen molar-refractivity contribution in [2.24, 2.45) is 0 Å². The highest BCUT2D eigenvalue weighted by molar-refractivity contribution is 7.98. The van der Waals surface area contributed by atoms with E-state index in [9.17, 15) is 29.8 Å². The van der Waals surface area contributed by atoms with E-state index in [0.717, 1.165) is 30.0 Å². The van der Waals surface area contributed by atoms with Crippen molar-refractivity contribution in [3.05, 3.63) is 40.2 Å². The molecule has 134 valence electrons. The Kier molecular flexibility index (Phi) is 4.38. The van der Waals surface area contributed by atoms with Gasteiger partial charge in [0, 0.05) is 5.56 Å². The maximum Gasteiger partial charge on any atom is 0.328 e. The maximum atomic E-state index is 13.2. The zero-order valence-corrected chi connectivity index (χ0v) is 13.8. The number of thioether (sulfide) groups is 1. The topological polar surface area (TPSA) is 143 Å². The molecule has 0 atom stereocenters. The smallest absolute Gasteiger partial charge is 0.328 e. The first-order valence-electron chi connectivity index (χ1n) is 6.93. The summed E-state index contributed by atoms with van der Waals surface area (Å²) in [4.78, 5) is 14.5. The number of hydrogen-bond donors (Lipinski definition) is 3. The minimum Gasteiger partial charge on any atom is -0.505 e. The summed E-state index contributed by atoms with van der Waals surface area (Å²) in [7, 11) is 0. The predicted octanol–water partition coefficient (Wildman–Crippen LogP) is 3.29. The lowest BCUT2D eigenvalue weighted by molar-refractivity contribution is -0.388. The van der Waals surface area contributed by atoms with E-state index >= 15 is 0 Å². The lowest BCUT2D eigenvalue weighted by Gasteiger charge is -2.07. The van der Waals surface area contributed by atoms with Gasteiger partial charge in [0.05, 0.1) is 10.5 Å². The van der Waals surface area contributed by atoms with Gasteiger partial charge in [-0.05, 0) is 30.5 Å². The average Bonchev–Trinajstić information content (AvgIpc) is 3.08. The highest BCUT2D eigenvalue weighted by Crippen LogP contribution is 2.47. The van der Waals surface area contributed by atoms with E-state index in [1.165, 1.54) is 12.3 Å². The fourth-order valence-corrected chi connectivity index (χ4v) is 2.99. The predicted molar refractivity (Wildman–Crippen MR) is 88.6 cm³/mol. The van der Waals surface area contributed by atoms with Crippen LogP contribution in [0.15, 0.2) is 33.7 Å². The molecule has 3 aromatic rings. The van der Waals surface area contributed by atoms with Crippen LogP contribution in [0.3, 0.4) is 0 Å². The Labute approximate surface area is 148 Å². The summed E-state index contributed by atoms with van der Waals surface area (Å²) in [5.41, 5.74) is -0.390. The molecule has 0 unspecified atom stereocenters. The van der Waals surface area contributed by atoms with Crippen molar-refractivity contribution in [2.75, 3.05) is 6.26 Å². The summed E-state index contributed by atoms with van der Waals surface area (Å²) in [6, 6.07) is 4.49. The molecule has 1 aromatic heterocycles. The SMILES string of the molecule is CSc1c(-c2nc(-c3ccc(F)c(O)c3)no2)cc(O)c(O)c1[N+](=O)[O-]. The zero-order valence-electron chi connectivity index (χ0n) is 13.0. The first kappa shape index (κ1) is 17.5. The third kappa shape index (κ3) is 2.88. The molecule has 3 rings (SSSR count). The van der Waals surface area contributed by atoms with Gasteiger partial charge in [-0.25, -0.2) is 4.39 Å². The number of aromatic hydroxyl groups is 3. The number of phenols is 3. The van der Waals surface area contributed by atoms with Crippen LogP contribution in [-0.2, 0) is 0 Å². The van der Waals surface area contributed by atoms with Gasteiger partial charge in [0.15, 0.2) is 17.3 Å². The van der Waals surface area contributed by atoms with E-state index in [4.69, 9.17) is 4.52 Å². The normalized spacial score (nSPS) is 10.8. The molecule has 0 saturated heterocycles. The zero-order chi connectivity index (χ0) is 19.0. The molecule has 0 spiro atoms. The van der Waals surface area contributed by atoms with Gasteiger partial charge >= 0.3 is 5.69 Å². The highest BCUT2D eigenvalue weighted by Gasteiger charge is 2.29. The third-order valence-corrected chi connectivity index (χ3v) is 4.28. The Morgan fingerprint density at radius 3 is 2.58 bits per heavy atom. The Morgan fingerprint density at radius 2 is 1.96 bits per heavy atom. The molecule has 0 radical (unpaired) electrons. The van der Waals surface area contributed by atoms with Crippen LogP contribution in [0.4, 0.5) is 10.1 Å². The number of phenolic OH excluding ortho intramolecular Hbond substituents is 3. The molecule has 0 amide bonds. The van der Waals surface area contributed by atoms with Gasteiger partial charge in [0.2, 0.25) is 11.6 Å². The molecule has 0 fully saturated rings. The van der Waals surface area contributed by atoms with Gasteiger partial charge in [0.25, 0.3) is 5.89 Å². The van der Waals surface area contributed by atoms with Gasteiger partial charge < -0.3 is 19.8 Å². The number of halogens is 1. The van der Waals surface area contributed by atoms with Crippen LogP contribution in [0.2, 0.25) is 0 Å². The molecule has 3 N–H and O–H groups in total. The van der Waals surface area contributed by atoms with Crippen molar-refractivity contribution in [3.63, 3.8) is 0 Å². The molecule has 2 aromatic carbocycles. The van der Waals surface area contributed by atoms with E-state index in [1.807, 2.05) is 0 Å². The number of nitro benzene ring substituents is 1. The minimum absolute atomic E-state index is 0.00225. The molecular formula is C15H10FN3O6S. The standard InChI is InChI=1S/C15H10FN3O6S/c1-26-13-7(5-10(21)12(22)11(13)19(23)24)15-17-14(18-25-15)6-2-3-8(16)9(20)4-6/h2-5,20-22H,1H3. The molecule has 9 nitrogen and oxygen atoms in total. The minimum atomic E-state index is -0.869. The summed E-state index contributed by atoms with van der Waals surface area (Å²) in [6.45, 7) is 0.